The lowest BCUT2D eigenvalue weighted by Crippen LogP contribution is -2.48. The molecule has 24 heavy (non-hydrogen) atoms. The Balaban J connectivity index is 1.52. The van der Waals surface area contributed by atoms with E-state index in [-0.39, 0.29) is 42.6 Å². The first-order chi connectivity index (χ1) is 11.3. The summed E-state index contributed by atoms with van der Waals surface area (Å²) >= 11 is 0. The van der Waals surface area contributed by atoms with Crippen molar-refractivity contribution in [2.75, 3.05) is 19.6 Å². The Hall–Kier alpha value is -2.12. The Kier molecular flexibility index (Phi) is 4.23. The van der Waals surface area contributed by atoms with Crippen molar-refractivity contribution in [1.29, 1.82) is 0 Å². The summed E-state index contributed by atoms with van der Waals surface area (Å²) in [5.74, 6) is -0.315. The van der Waals surface area contributed by atoms with Gasteiger partial charge in [-0.2, -0.15) is 0 Å². The van der Waals surface area contributed by atoms with Crippen molar-refractivity contribution in [3.8, 4) is 0 Å². The molecule has 2 atom stereocenters. The lowest BCUT2D eigenvalue weighted by molar-refractivity contribution is -0.137. The molecule has 0 spiro atoms. The van der Waals surface area contributed by atoms with E-state index < -0.39 is 11.6 Å². The first kappa shape index (κ1) is 16.7. The molecule has 3 fully saturated rings. The van der Waals surface area contributed by atoms with Crippen molar-refractivity contribution in [2.24, 2.45) is 5.92 Å². The fraction of sp³-hybridized carbons (Fsp3) is 0.750. The molecule has 0 aliphatic carbocycles. The second-order valence-electron chi connectivity index (χ2n) is 7.26. The van der Waals surface area contributed by atoms with Crippen LogP contribution in [0.3, 0.4) is 0 Å². The van der Waals surface area contributed by atoms with Gasteiger partial charge in [0.2, 0.25) is 11.8 Å². The maximum atomic E-state index is 12.5. The van der Waals surface area contributed by atoms with E-state index >= 15 is 0 Å². The molecule has 3 rings (SSSR count). The van der Waals surface area contributed by atoms with Crippen LogP contribution in [0.4, 0.5) is 4.79 Å². The minimum Gasteiger partial charge on any atom is -0.354 e. The predicted molar refractivity (Wildman–Crippen MR) is 84.8 cm³/mol. The molecule has 0 unspecified atom stereocenters. The Morgan fingerprint density at radius 3 is 2.71 bits per heavy atom. The van der Waals surface area contributed by atoms with Gasteiger partial charge < -0.3 is 15.5 Å². The highest BCUT2D eigenvalue weighted by Crippen LogP contribution is 2.28. The minimum atomic E-state index is -0.878. The van der Waals surface area contributed by atoms with Crippen molar-refractivity contribution in [1.82, 2.24) is 20.4 Å². The number of nitrogens with one attached hydrogen (secondary N) is 2. The minimum absolute atomic E-state index is 0.00693. The van der Waals surface area contributed by atoms with Crippen LogP contribution in [-0.4, -0.2) is 64.8 Å². The van der Waals surface area contributed by atoms with Gasteiger partial charge in [-0.05, 0) is 33.1 Å². The van der Waals surface area contributed by atoms with Crippen LogP contribution in [0.2, 0.25) is 0 Å². The number of likely N-dealkylation sites (tertiary alicyclic amines) is 1. The SMILES string of the molecule is CC1(C)NC(=O)N(CCCC(=O)N2CCC[C@H]3C(=O)NC[C@H]32)C1=O. The molecule has 132 valence electrons. The van der Waals surface area contributed by atoms with Gasteiger partial charge in [-0.1, -0.05) is 0 Å². The van der Waals surface area contributed by atoms with Gasteiger partial charge in [-0.3, -0.25) is 19.3 Å². The highest BCUT2D eigenvalue weighted by molar-refractivity contribution is 6.06. The summed E-state index contributed by atoms with van der Waals surface area (Å²) in [6, 6.07) is -0.449. The van der Waals surface area contributed by atoms with E-state index in [2.05, 4.69) is 10.6 Å². The van der Waals surface area contributed by atoms with E-state index in [9.17, 15) is 19.2 Å². The first-order valence-corrected chi connectivity index (χ1v) is 8.52. The number of carbonyl (C=O) groups is 4. The fourth-order valence-electron chi connectivity index (χ4n) is 3.81. The highest BCUT2D eigenvalue weighted by atomic mass is 16.2. The highest BCUT2D eigenvalue weighted by Gasteiger charge is 2.44. The number of piperidine rings is 1. The summed E-state index contributed by atoms with van der Waals surface area (Å²) in [4.78, 5) is 51.1. The number of carbonyl (C=O) groups excluding carboxylic acids is 4. The number of hydrogen-bond acceptors (Lipinski definition) is 4. The molecule has 3 saturated heterocycles. The number of urea groups is 1. The van der Waals surface area contributed by atoms with E-state index in [4.69, 9.17) is 0 Å². The molecule has 3 aliphatic heterocycles. The van der Waals surface area contributed by atoms with Crippen molar-refractivity contribution in [3.05, 3.63) is 0 Å². The third kappa shape index (κ3) is 2.85. The van der Waals surface area contributed by atoms with Crippen LogP contribution in [0.5, 0.6) is 0 Å². The van der Waals surface area contributed by atoms with Crippen molar-refractivity contribution < 1.29 is 19.2 Å². The van der Waals surface area contributed by atoms with Crippen molar-refractivity contribution in [2.45, 2.75) is 51.1 Å². The third-order valence-corrected chi connectivity index (χ3v) is 5.14. The quantitative estimate of drug-likeness (QED) is 0.697. The second kappa shape index (κ2) is 6.07. The van der Waals surface area contributed by atoms with Gasteiger partial charge >= 0.3 is 6.03 Å². The van der Waals surface area contributed by atoms with Gasteiger partial charge in [0, 0.05) is 26.1 Å². The number of amides is 5. The van der Waals surface area contributed by atoms with Crippen LogP contribution in [0.25, 0.3) is 0 Å². The third-order valence-electron chi connectivity index (χ3n) is 5.14. The molecule has 0 aromatic rings. The average molecular weight is 336 g/mol. The smallest absolute Gasteiger partial charge is 0.325 e. The molecule has 8 nitrogen and oxygen atoms in total. The largest absolute Gasteiger partial charge is 0.354 e. The number of nitrogens with zero attached hydrogens (tertiary/aromatic N) is 2. The fourth-order valence-corrected chi connectivity index (χ4v) is 3.81. The Bertz CT molecular complexity index is 589. The zero-order chi connectivity index (χ0) is 17.5. The van der Waals surface area contributed by atoms with Gasteiger partial charge in [0.15, 0.2) is 0 Å². The van der Waals surface area contributed by atoms with E-state index in [0.717, 1.165) is 12.8 Å². The maximum absolute atomic E-state index is 12.5. The standard InChI is InChI=1S/C16H24N4O4/c1-16(2)14(23)20(15(24)18-16)8-4-6-12(21)19-7-3-5-10-11(19)9-17-13(10)22/h10-11H,3-9H2,1-2H3,(H,17,22)(H,18,24)/t10-,11-/m1/s1. The molecule has 3 heterocycles. The molecule has 3 aliphatic rings. The van der Waals surface area contributed by atoms with Crippen LogP contribution in [0, 0.1) is 5.92 Å². The zero-order valence-electron chi connectivity index (χ0n) is 14.1. The van der Waals surface area contributed by atoms with Crippen LogP contribution in [0.15, 0.2) is 0 Å². The van der Waals surface area contributed by atoms with Crippen LogP contribution in [0.1, 0.15) is 39.5 Å². The summed E-state index contributed by atoms with van der Waals surface area (Å²) in [6.07, 6.45) is 2.37. The summed E-state index contributed by atoms with van der Waals surface area (Å²) < 4.78 is 0. The zero-order valence-corrected chi connectivity index (χ0v) is 14.1. The molecule has 0 radical (unpaired) electrons. The summed E-state index contributed by atoms with van der Waals surface area (Å²) in [5, 5.41) is 5.46. The molecule has 5 amide bonds. The van der Waals surface area contributed by atoms with E-state index in [1.54, 1.807) is 18.7 Å². The molecule has 8 heteroatoms. The van der Waals surface area contributed by atoms with Crippen molar-refractivity contribution >= 4 is 23.8 Å². The molecular weight excluding hydrogens is 312 g/mol. The molecular formula is C16H24N4O4. The number of rotatable bonds is 4. The number of hydrogen-bond donors (Lipinski definition) is 2. The van der Waals surface area contributed by atoms with Gasteiger partial charge in [0.1, 0.15) is 5.54 Å². The lowest BCUT2D eigenvalue weighted by atomic mass is 9.91. The maximum Gasteiger partial charge on any atom is 0.325 e. The Morgan fingerprint density at radius 1 is 1.29 bits per heavy atom. The Labute approximate surface area is 140 Å². The van der Waals surface area contributed by atoms with Crippen molar-refractivity contribution in [3.63, 3.8) is 0 Å². The van der Waals surface area contributed by atoms with Gasteiger partial charge in [0.05, 0.1) is 12.0 Å². The number of fused-ring (bicyclic) bond motifs is 1. The molecule has 0 aromatic heterocycles. The van der Waals surface area contributed by atoms with Crippen LogP contribution < -0.4 is 10.6 Å². The van der Waals surface area contributed by atoms with Gasteiger partial charge in [0.25, 0.3) is 5.91 Å². The number of imide groups is 1. The summed E-state index contributed by atoms with van der Waals surface area (Å²) in [6.45, 7) is 4.76. The van der Waals surface area contributed by atoms with Crippen LogP contribution >= 0.6 is 0 Å². The lowest BCUT2D eigenvalue weighted by Gasteiger charge is -2.36. The molecule has 0 aromatic carbocycles. The first-order valence-electron chi connectivity index (χ1n) is 8.52. The van der Waals surface area contributed by atoms with E-state index in [1.807, 2.05) is 0 Å². The average Bonchev–Trinajstić information content (AvgIpc) is 2.99. The normalized spacial score (nSPS) is 28.7. The van der Waals surface area contributed by atoms with Gasteiger partial charge in [-0.15, -0.1) is 0 Å². The monoisotopic (exact) mass is 336 g/mol. The summed E-state index contributed by atoms with van der Waals surface area (Å²) in [5.41, 5.74) is -0.878. The van der Waals surface area contributed by atoms with E-state index in [0.29, 0.717) is 19.5 Å². The topological polar surface area (TPSA) is 98.8 Å². The molecule has 0 bridgehead atoms. The second-order valence-corrected chi connectivity index (χ2v) is 7.26. The van der Waals surface area contributed by atoms with E-state index in [1.165, 1.54) is 4.90 Å². The molecule has 0 saturated carbocycles. The Morgan fingerprint density at radius 2 is 2.04 bits per heavy atom. The predicted octanol–water partition coefficient (Wildman–Crippen LogP) is -0.166. The molecule has 2 N–H and O–H groups in total. The van der Waals surface area contributed by atoms with Gasteiger partial charge in [-0.25, -0.2) is 4.79 Å². The van der Waals surface area contributed by atoms with Crippen LogP contribution in [-0.2, 0) is 14.4 Å². The summed E-state index contributed by atoms with van der Waals surface area (Å²) in [7, 11) is 0.